The van der Waals surface area contributed by atoms with Crippen LogP contribution in [0.3, 0.4) is 0 Å². The van der Waals surface area contributed by atoms with E-state index in [2.05, 4.69) is 19.2 Å². The molecule has 2 rings (SSSR count). The van der Waals surface area contributed by atoms with Crippen LogP contribution in [0, 0.1) is 11.2 Å². The van der Waals surface area contributed by atoms with Gasteiger partial charge in [-0.05, 0) is 48.8 Å². The molecule has 1 nitrogen and oxygen atoms in total. The Labute approximate surface area is 114 Å². The first kappa shape index (κ1) is 13.8. The van der Waals surface area contributed by atoms with E-state index in [9.17, 15) is 4.39 Å². The standard InChI is InChI=1S/C15H21ClFN/c1-3-15(2,10-18-12-5-6-12)9-11-4-7-14(17)13(16)8-11/h4,7-8,12,18H,3,5-6,9-10H2,1-2H3. The second-order valence-electron chi connectivity index (χ2n) is 5.74. The average Bonchev–Trinajstić information content (AvgIpc) is 3.16. The summed E-state index contributed by atoms with van der Waals surface area (Å²) in [5.74, 6) is -0.338. The van der Waals surface area contributed by atoms with E-state index in [1.165, 1.54) is 18.9 Å². The molecule has 0 amide bonds. The van der Waals surface area contributed by atoms with Crippen molar-refractivity contribution in [2.24, 2.45) is 5.41 Å². The maximum Gasteiger partial charge on any atom is 0.141 e. The molecule has 1 fully saturated rings. The van der Waals surface area contributed by atoms with Gasteiger partial charge >= 0.3 is 0 Å². The zero-order valence-electron chi connectivity index (χ0n) is 11.1. The highest BCUT2D eigenvalue weighted by Gasteiger charge is 2.27. The monoisotopic (exact) mass is 269 g/mol. The summed E-state index contributed by atoms with van der Waals surface area (Å²) in [7, 11) is 0. The summed E-state index contributed by atoms with van der Waals surface area (Å²) in [5.41, 5.74) is 1.33. The van der Waals surface area contributed by atoms with Crippen molar-refractivity contribution in [2.45, 2.75) is 45.6 Å². The van der Waals surface area contributed by atoms with E-state index in [1.54, 1.807) is 6.07 Å². The molecule has 18 heavy (non-hydrogen) atoms. The summed E-state index contributed by atoms with van der Waals surface area (Å²) in [5, 5.41) is 3.81. The fourth-order valence-corrected chi connectivity index (χ4v) is 2.34. The second kappa shape index (κ2) is 5.58. The van der Waals surface area contributed by atoms with Crippen molar-refractivity contribution in [3.05, 3.63) is 34.6 Å². The van der Waals surface area contributed by atoms with Gasteiger partial charge in [0.05, 0.1) is 5.02 Å². The maximum atomic E-state index is 13.1. The third-order valence-corrected chi connectivity index (χ3v) is 4.15. The normalized spacial score (nSPS) is 18.7. The lowest BCUT2D eigenvalue weighted by Gasteiger charge is -2.29. The van der Waals surface area contributed by atoms with Crippen LogP contribution in [0.1, 0.15) is 38.7 Å². The highest BCUT2D eigenvalue weighted by Crippen LogP contribution is 2.29. The smallest absolute Gasteiger partial charge is 0.141 e. The van der Waals surface area contributed by atoms with Crippen molar-refractivity contribution in [1.82, 2.24) is 5.32 Å². The number of halogens is 2. The lowest BCUT2D eigenvalue weighted by molar-refractivity contribution is 0.289. The first-order chi connectivity index (χ1) is 8.52. The number of hydrogen-bond donors (Lipinski definition) is 1. The van der Waals surface area contributed by atoms with Gasteiger partial charge in [-0.1, -0.05) is 31.5 Å². The van der Waals surface area contributed by atoms with E-state index in [-0.39, 0.29) is 16.3 Å². The van der Waals surface area contributed by atoms with Gasteiger partial charge in [0, 0.05) is 12.6 Å². The molecule has 0 aliphatic heterocycles. The van der Waals surface area contributed by atoms with E-state index in [0.29, 0.717) is 0 Å². The van der Waals surface area contributed by atoms with Crippen LogP contribution >= 0.6 is 11.6 Å². The Morgan fingerprint density at radius 3 is 2.72 bits per heavy atom. The van der Waals surface area contributed by atoms with E-state index in [4.69, 9.17) is 11.6 Å². The molecule has 1 unspecified atom stereocenters. The molecule has 0 radical (unpaired) electrons. The lowest BCUT2D eigenvalue weighted by Crippen LogP contribution is -2.34. The van der Waals surface area contributed by atoms with Gasteiger partial charge in [-0.3, -0.25) is 0 Å². The first-order valence-corrected chi connectivity index (χ1v) is 7.07. The molecule has 1 aliphatic rings. The number of hydrogen-bond acceptors (Lipinski definition) is 1. The summed E-state index contributed by atoms with van der Waals surface area (Å²) < 4.78 is 13.1. The van der Waals surface area contributed by atoms with Crippen molar-refractivity contribution >= 4 is 11.6 Å². The van der Waals surface area contributed by atoms with E-state index in [0.717, 1.165) is 31.0 Å². The van der Waals surface area contributed by atoms with E-state index < -0.39 is 0 Å². The van der Waals surface area contributed by atoms with Crippen LogP contribution in [0.25, 0.3) is 0 Å². The predicted octanol–water partition coefficient (Wildman–Crippen LogP) is 4.19. The molecular formula is C15H21ClFN. The Balaban J connectivity index is 2.00. The molecular weight excluding hydrogens is 249 g/mol. The Bertz CT molecular complexity index is 417. The van der Waals surface area contributed by atoms with Gasteiger partial charge < -0.3 is 5.32 Å². The molecule has 1 atom stereocenters. The topological polar surface area (TPSA) is 12.0 Å². The molecule has 0 saturated heterocycles. The van der Waals surface area contributed by atoms with Crippen molar-refractivity contribution in [3.63, 3.8) is 0 Å². The largest absolute Gasteiger partial charge is 0.313 e. The van der Waals surface area contributed by atoms with Gasteiger partial charge in [-0.25, -0.2) is 4.39 Å². The van der Waals surface area contributed by atoms with Crippen molar-refractivity contribution in [3.8, 4) is 0 Å². The minimum atomic E-state index is -0.338. The Morgan fingerprint density at radius 2 is 2.17 bits per heavy atom. The quantitative estimate of drug-likeness (QED) is 0.817. The SMILES string of the molecule is CCC(C)(CNC1CC1)Cc1ccc(F)c(Cl)c1. The third-order valence-electron chi connectivity index (χ3n) is 3.86. The van der Waals surface area contributed by atoms with Crippen LogP contribution in [0.4, 0.5) is 4.39 Å². The van der Waals surface area contributed by atoms with Gasteiger partial charge in [0.2, 0.25) is 0 Å². The molecule has 1 aromatic carbocycles. The minimum absolute atomic E-state index is 0.212. The summed E-state index contributed by atoms with van der Waals surface area (Å²) in [4.78, 5) is 0. The zero-order valence-corrected chi connectivity index (χ0v) is 11.9. The minimum Gasteiger partial charge on any atom is -0.313 e. The van der Waals surface area contributed by atoms with Crippen LogP contribution < -0.4 is 5.32 Å². The molecule has 100 valence electrons. The molecule has 0 aromatic heterocycles. The lowest BCUT2D eigenvalue weighted by atomic mass is 9.81. The molecule has 1 aliphatic carbocycles. The second-order valence-corrected chi connectivity index (χ2v) is 6.15. The highest BCUT2D eigenvalue weighted by atomic mass is 35.5. The number of benzene rings is 1. The Morgan fingerprint density at radius 1 is 1.44 bits per heavy atom. The van der Waals surface area contributed by atoms with Gasteiger partial charge in [0.15, 0.2) is 0 Å². The Kier molecular flexibility index (Phi) is 4.29. The van der Waals surface area contributed by atoms with Crippen molar-refractivity contribution in [2.75, 3.05) is 6.54 Å². The molecule has 0 heterocycles. The van der Waals surface area contributed by atoms with Crippen LogP contribution in [-0.2, 0) is 6.42 Å². The zero-order chi connectivity index (χ0) is 13.2. The third kappa shape index (κ3) is 3.69. The number of rotatable bonds is 6. The summed E-state index contributed by atoms with van der Waals surface area (Å²) >= 11 is 5.83. The van der Waals surface area contributed by atoms with Crippen LogP contribution in [0.15, 0.2) is 18.2 Å². The summed E-state index contributed by atoms with van der Waals surface area (Å²) in [6.07, 6.45) is 4.65. The van der Waals surface area contributed by atoms with Crippen LogP contribution in [-0.4, -0.2) is 12.6 Å². The summed E-state index contributed by atoms with van der Waals surface area (Å²) in [6.45, 7) is 5.50. The van der Waals surface area contributed by atoms with Gasteiger partial charge in [0.1, 0.15) is 5.82 Å². The molecule has 1 saturated carbocycles. The van der Waals surface area contributed by atoms with Crippen molar-refractivity contribution < 1.29 is 4.39 Å². The van der Waals surface area contributed by atoms with E-state index in [1.807, 2.05) is 6.07 Å². The molecule has 1 aromatic rings. The molecule has 0 bridgehead atoms. The van der Waals surface area contributed by atoms with Gasteiger partial charge in [0.25, 0.3) is 0 Å². The molecule has 0 spiro atoms. The fourth-order valence-electron chi connectivity index (χ4n) is 2.13. The van der Waals surface area contributed by atoms with E-state index >= 15 is 0 Å². The van der Waals surface area contributed by atoms with Crippen LogP contribution in [0.2, 0.25) is 5.02 Å². The fraction of sp³-hybridized carbons (Fsp3) is 0.600. The van der Waals surface area contributed by atoms with Gasteiger partial charge in [-0.2, -0.15) is 0 Å². The Hall–Kier alpha value is -0.600. The summed E-state index contributed by atoms with van der Waals surface area (Å²) in [6, 6.07) is 5.78. The average molecular weight is 270 g/mol. The van der Waals surface area contributed by atoms with Crippen molar-refractivity contribution in [1.29, 1.82) is 0 Å². The number of nitrogens with one attached hydrogen (secondary N) is 1. The first-order valence-electron chi connectivity index (χ1n) is 6.70. The molecule has 3 heteroatoms. The van der Waals surface area contributed by atoms with Crippen LogP contribution in [0.5, 0.6) is 0 Å². The predicted molar refractivity (Wildman–Crippen MR) is 74.5 cm³/mol. The molecule has 1 N–H and O–H groups in total. The maximum absolute atomic E-state index is 13.1. The highest BCUT2D eigenvalue weighted by molar-refractivity contribution is 6.30. The van der Waals surface area contributed by atoms with Gasteiger partial charge in [-0.15, -0.1) is 0 Å².